The van der Waals surface area contributed by atoms with Crippen LogP contribution in [0.15, 0.2) is 66.3 Å². The van der Waals surface area contributed by atoms with Crippen molar-refractivity contribution >= 4 is 23.5 Å². The summed E-state index contributed by atoms with van der Waals surface area (Å²) in [5.41, 5.74) is 4.80. The summed E-state index contributed by atoms with van der Waals surface area (Å²) in [4.78, 5) is 0. The van der Waals surface area contributed by atoms with Gasteiger partial charge in [0, 0.05) is 6.54 Å². The van der Waals surface area contributed by atoms with Gasteiger partial charge in [-0.2, -0.15) is 5.10 Å². The van der Waals surface area contributed by atoms with Crippen LogP contribution in [0.2, 0.25) is 0 Å². The van der Waals surface area contributed by atoms with Crippen molar-refractivity contribution in [2.75, 3.05) is 13.7 Å². The second-order valence-corrected chi connectivity index (χ2v) is 5.46. The monoisotopic (exact) mass is 355 g/mol. The molecule has 0 saturated heterocycles. The molecule has 0 aliphatic carbocycles. The molecule has 0 fully saturated rings. The third-order valence-electron chi connectivity index (χ3n) is 3.22. The van der Waals surface area contributed by atoms with Gasteiger partial charge in [0.1, 0.15) is 6.61 Å². The Labute approximate surface area is 153 Å². The normalized spacial score (nSPS) is 10.3. The van der Waals surface area contributed by atoms with Crippen LogP contribution in [0.4, 0.5) is 0 Å². The minimum atomic E-state index is 0.423. The van der Waals surface area contributed by atoms with Gasteiger partial charge in [-0.3, -0.25) is 5.43 Å². The molecule has 0 amide bonds. The fraction of sp³-hybridized carbons (Fsp3) is 0.158. The summed E-state index contributed by atoms with van der Waals surface area (Å²) in [6.07, 6.45) is 3.35. The third kappa shape index (κ3) is 6.27. The molecule has 2 rings (SSSR count). The highest BCUT2D eigenvalue weighted by Gasteiger charge is 2.04. The van der Waals surface area contributed by atoms with E-state index in [1.165, 1.54) is 0 Å². The Hall–Kier alpha value is -2.86. The highest BCUT2D eigenvalue weighted by molar-refractivity contribution is 7.80. The van der Waals surface area contributed by atoms with E-state index in [9.17, 15) is 0 Å². The van der Waals surface area contributed by atoms with Gasteiger partial charge in [-0.1, -0.05) is 43.0 Å². The number of hydrogen-bond donors (Lipinski definition) is 2. The number of benzene rings is 2. The minimum Gasteiger partial charge on any atom is -0.493 e. The van der Waals surface area contributed by atoms with Gasteiger partial charge in [-0.15, -0.1) is 0 Å². The van der Waals surface area contributed by atoms with E-state index in [0.29, 0.717) is 29.8 Å². The van der Waals surface area contributed by atoms with E-state index in [1.54, 1.807) is 19.4 Å². The van der Waals surface area contributed by atoms with Crippen LogP contribution in [0.25, 0.3) is 0 Å². The lowest BCUT2D eigenvalue weighted by Gasteiger charge is -2.10. The summed E-state index contributed by atoms with van der Waals surface area (Å²) in [6.45, 7) is 4.69. The molecule has 2 aromatic rings. The number of nitrogens with zero attached hydrogens (tertiary/aromatic N) is 1. The summed E-state index contributed by atoms with van der Waals surface area (Å²) >= 11 is 5.20. The van der Waals surface area contributed by atoms with E-state index in [0.717, 1.165) is 11.1 Å². The third-order valence-corrected chi connectivity index (χ3v) is 3.46. The van der Waals surface area contributed by atoms with Crippen molar-refractivity contribution in [2.24, 2.45) is 5.10 Å². The van der Waals surface area contributed by atoms with Gasteiger partial charge in [0.05, 0.1) is 13.3 Å². The standard InChI is InChI=1S/C19H21N3O2S/c1-3-11-24-17-10-9-16(12-18(17)23-2)14-21-22-19(25)20-13-15-7-5-4-6-8-15/h3-10,12,14H,1,11,13H2,2H3,(H2,20,22,25)/b21-14-. The summed E-state index contributed by atoms with van der Waals surface area (Å²) < 4.78 is 10.8. The lowest BCUT2D eigenvalue weighted by molar-refractivity contribution is 0.326. The van der Waals surface area contributed by atoms with Crippen LogP contribution >= 0.6 is 12.2 Å². The first-order valence-electron chi connectivity index (χ1n) is 7.75. The molecule has 0 aliphatic heterocycles. The summed E-state index contributed by atoms with van der Waals surface area (Å²) in [7, 11) is 1.60. The van der Waals surface area contributed by atoms with Gasteiger partial charge in [0.25, 0.3) is 0 Å². The number of thiocarbonyl (C=S) groups is 1. The predicted octanol–water partition coefficient (Wildman–Crippen LogP) is 3.26. The molecular weight excluding hydrogens is 334 g/mol. The van der Waals surface area contributed by atoms with E-state index in [-0.39, 0.29) is 0 Å². The highest BCUT2D eigenvalue weighted by atomic mass is 32.1. The molecular formula is C19H21N3O2S. The van der Waals surface area contributed by atoms with Crippen LogP contribution in [0.1, 0.15) is 11.1 Å². The molecule has 0 saturated carbocycles. The van der Waals surface area contributed by atoms with Crippen molar-refractivity contribution in [3.05, 3.63) is 72.3 Å². The van der Waals surface area contributed by atoms with Gasteiger partial charge in [-0.25, -0.2) is 0 Å². The number of ether oxygens (including phenoxy) is 2. The van der Waals surface area contributed by atoms with Crippen LogP contribution in [-0.4, -0.2) is 25.0 Å². The fourth-order valence-corrected chi connectivity index (χ4v) is 2.14. The molecule has 0 spiro atoms. The van der Waals surface area contributed by atoms with Crippen LogP contribution in [0.3, 0.4) is 0 Å². The van der Waals surface area contributed by atoms with Crippen molar-refractivity contribution in [3.63, 3.8) is 0 Å². The second kappa shape index (κ2) is 10.1. The van der Waals surface area contributed by atoms with Gasteiger partial charge in [0.15, 0.2) is 16.6 Å². The predicted molar refractivity (Wildman–Crippen MR) is 105 cm³/mol. The molecule has 0 aromatic heterocycles. The Morgan fingerprint density at radius 2 is 2.00 bits per heavy atom. The maximum absolute atomic E-state index is 5.51. The summed E-state index contributed by atoms with van der Waals surface area (Å²) in [5.74, 6) is 1.29. The van der Waals surface area contributed by atoms with Gasteiger partial charge in [0.2, 0.25) is 0 Å². The van der Waals surface area contributed by atoms with Gasteiger partial charge >= 0.3 is 0 Å². The molecule has 130 valence electrons. The average molecular weight is 355 g/mol. The minimum absolute atomic E-state index is 0.423. The van der Waals surface area contributed by atoms with E-state index >= 15 is 0 Å². The number of rotatable bonds is 8. The summed E-state index contributed by atoms with van der Waals surface area (Å²) in [5, 5.41) is 7.68. The molecule has 6 heteroatoms. The Morgan fingerprint density at radius 3 is 2.72 bits per heavy atom. The van der Waals surface area contributed by atoms with Gasteiger partial charge < -0.3 is 14.8 Å². The van der Waals surface area contributed by atoms with Crippen molar-refractivity contribution in [3.8, 4) is 11.5 Å². The van der Waals surface area contributed by atoms with Crippen LogP contribution in [0, 0.1) is 0 Å². The zero-order valence-corrected chi connectivity index (χ0v) is 14.9. The Kier molecular flexibility index (Phi) is 7.46. The Bertz CT molecular complexity index is 733. The molecule has 0 radical (unpaired) electrons. The number of hydrazone groups is 1. The van der Waals surface area contributed by atoms with Crippen LogP contribution < -0.4 is 20.2 Å². The maximum Gasteiger partial charge on any atom is 0.187 e. The number of hydrogen-bond acceptors (Lipinski definition) is 4. The SMILES string of the molecule is C=CCOc1ccc(/C=N\NC(=S)NCc2ccccc2)cc1OC. The van der Waals surface area contributed by atoms with Crippen molar-refractivity contribution in [1.29, 1.82) is 0 Å². The largest absolute Gasteiger partial charge is 0.493 e. The Balaban J connectivity index is 1.86. The van der Waals surface area contributed by atoms with E-state index in [2.05, 4.69) is 22.4 Å². The van der Waals surface area contributed by atoms with Crippen molar-refractivity contribution in [1.82, 2.24) is 10.7 Å². The smallest absolute Gasteiger partial charge is 0.187 e. The second-order valence-electron chi connectivity index (χ2n) is 5.05. The van der Waals surface area contributed by atoms with E-state index < -0.39 is 0 Å². The Morgan fingerprint density at radius 1 is 1.20 bits per heavy atom. The van der Waals surface area contributed by atoms with E-state index in [1.807, 2.05) is 48.5 Å². The first kappa shape index (κ1) is 18.5. The van der Waals surface area contributed by atoms with Gasteiger partial charge in [-0.05, 0) is 41.5 Å². The molecule has 0 heterocycles. The van der Waals surface area contributed by atoms with Crippen molar-refractivity contribution < 1.29 is 9.47 Å². The molecule has 0 aliphatic rings. The first-order chi connectivity index (χ1) is 12.2. The molecule has 0 atom stereocenters. The number of methoxy groups -OCH3 is 1. The molecule has 0 bridgehead atoms. The first-order valence-corrected chi connectivity index (χ1v) is 8.16. The van der Waals surface area contributed by atoms with Crippen LogP contribution in [-0.2, 0) is 6.54 Å². The zero-order chi connectivity index (χ0) is 17.9. The topological polar surface area (TPSA) is 54.9 Å². The van der Waals surface area contributed by atoms with E-state index in [4.69, 9.17) is 21.7 Å². The lowest BCUT2D eigenvalue weighted by atomic mass is 10.2. The average Bonchev–Trinajstić information content (AvgIpc) is 2.66. The fourth-order valence-electron chi connectivity index (χ4n) is 2.02. The molecule has 2 aromatic carbocycles. The van der Waals surface area contributed by atoms with Crippen molar-refractivity contribution in [2.45, 2.75) is 6.54 Å². The highest BCUT2D eigenvalue weighted by Crippen LogP contribution is 2.27. The quantitative estimate of drug-likeness (QED) is 0.329. The number of nitrogens with one attached hydrogen (secondary N) is 2. The molecule has 2 N–H and O–H groups in total. The lowest BCUT2D eigenvalue weighted by Crippen LogP contribution is -2.31. The van der Waals surface area contributed by atoms with Crippen LogP contribution in [0.5, 0.6) is 11.5 Å². The molecule has 0 unspecified atom stereocenters. The summed E-state index contributed by atoms with van der Waals surface area (Å²) in [6, 6.07) is 15.6. The maximum atomic E-state index is 5.51. The molecule has 25 heavy (non-hydrogen) atoms. The zero-order valence-electron chi connectivity index (χ0n) is 14.1. The molecule has 5 nitrogen and oxygen atoms in total.